The Morgan fingerprint density at radius 3 is 1.23 bits per heavy atom. The Morgan fingerprint density at radius 2 is 0.864 bits per heavy atom. The Balaban J connectivity index is 3.13. The zero-order valence-corrected chi connectivity index (χ0v) is 15.2. The fourth-order valence-electron chi connectivity index (χ4n) is 2.63. The molecule has 0 atom stereocenters. The molecule has 0 radical (unpaired) electrons. The number of amides is 2. The molecule has 0 unspecified atom stereocenters. The first kappa shape index (κ1) is 21.3. The molecule has 0 spiro atoms. The molecule has 0 aliphatic carbocycles. The second kappa shape index (κ2) is 18.3. The van der Waals surface area contributed by atoms with Crippen LogP contribution in [0.2, 0.25) is 0 Å². The molecule has 0 aliphatic heterocycles. The summed E-state index contributed by atoms with van der Waals surface area (Å²) in [6.45, 7) is 6.12. The molecule has 132 valence electrons. The van der Waals surface area contributed by atoms with Crippen LogP contribution in [0.25, 0.3) is 0 Å². The second-order valence-corrected chi connectivity index (χ2v) is 6.43. The van der Waals surface area contributed by atoms with E-state index in [4.69, 9.17) is 0 Å². The van der Waals surface area contributed by atoms with Crippen molar-refractivity contribution in [3.63, 3.8) is 0 Å². The molecule has 3 heteroatoms. The number of carbonyl (C=O) groups excluding carboxylic acids is 1. The number of unbranched alkanes of at least 4 members (excludes halogenated alkanes) is 12. The summed E-state index contributed by atoms with van der Waals surface area (Å²) in [5.74, 6) is 0. The van der Waals surface area contributed by atoms with Gasteiger partial charge in [-0.3, -0.25) is 0 Å². The lowest BCUT2D eigenvalue weighted by Gasteiger charge is -2.07. The van der Waals surface area contributed by atoms with E-state index in [1.54, 1.807) is 0 Å². The molecule has 0 fully saturated rings. The number of urea groups is 1. The zero-order valence-electron chi connectivity index (χ0n) is 15.2. The van der Waals surface area contributed by atoms with Crippen LogP contribution in [0.5, 0.6) is 0 Å². The van der Waals surface area contributed by atoms with Crippen molar-refractivity contribution in [2.24, 2.45) is 0 Å². The van der Waals surface area contributed by atoms with Crippen molar-refractivity contribution >= 4 is 6.03 Å². The molecule has 2 amide bonds. The summed E-state index contributed by atoms with van der Waals surface area (Å²) in [5, 5.41) is 5.90. The molecular formula is C19H40N2O. The van der Waals surface area contributed by atoms with E-state index < -0.39 is 0 Å². The highest BCUT2D eigenvalue weighted by Gasteiger charge is 1.98. The van der Waals surface area contributed by atoms with Gasteiger partial charge in [-0.25, -0.2) is 4.79 Å². The van der Waals surface area contributed by atoms with Crippen molar-refractivity contribution in [3.05, 3.63) is 0 Å². The summed E-state index contributed by atoms with van der Waals surface area (Å²) in [6, 6.07) is 0.0107. The predicted octanol–water partition coefficient (Wildman–Crippen LogP) is 5.79. The van der Waals surface area contributed by atoms with E-state index in [1.165, 1.54) is 77.0 Å². The van der Waals surface area contributed by atoms with Gasteiger partial charge < -0.3 is 10.6 Å². The highest BCUT2D eigenvalue weighted by atomic mass is 16.2. The first-order valence-corrected chi connectivity index (χ1v) is 9.83. The molecule has 0 saturated carbocycles. The molecule has 0 aromatic heterocycles. The van der Waals surface area contributed by atoms with Gasteiger partial charge in [-0.15, -0.1) is 0 Å². The number of nitrogens with one attached hydrogen (secondary N) is 2. The lowest BCUT2D eigenvalue weighted by Crippen LogP contribution is -2.36. The minimum absolute atomic E-state index is 0.0107. The van der Waals surface area contributed by atoms with E-state index in [2.05, 4.69) is 24.5 Å². The van der Waals surface area contributed by atoms with E-state index in [9.17, 15) is 4.79 Å². The van der Waals surface area contributed by atoms with Crippen LogP contribution < -0.4 is 10.6 Å². The summed E-state index contributed by atoms with van der Waals surface area (Å²) in [6.07, 6.45) is 18.1. The smallest absolute Gasteiger partial charge is 0.314 e. The minimum Gasteiger partial charge on any atom is -0.338 e. The third kappa shape index (κ3) is 17.3. The third-order valence-electron chi connectivity index (χ3n) is 4.13. The van der Waals surface area contributed by atoms with Crippen LogP contribution in [0.1, 0.15) is 104 Å². The predicted molar refractivity (Wildman–Crippen MR) is 97.4 cm³/mol. The minimum atomic E-state index is 0.0107. The van der Waals surface area contributed by atoms with Crippen LogP contribution >= 0.6 is 0 Å². The fraction of sp³-hybridized carbons (Fsp3) is 0.947. The van der Waals surface area contributed by atoms with Crippen LogP contribution in [0.15, 0.2) is 0 Å². The van der Waals surface area contributed by atoms with E-state index in [1.807, 2.05) is 0 Å². The van der Waals surface area contributed by atoms with E-state index in [-0.39, 0.29) is 6.03 Å². The van der Waals surface area contributed by atoms with Crippen LogP contribution in [0, 0.1) is 0 Å². The van der Waals surface area contributed by atoms with Gasteiger partial charge in [0.2, 0.25) is 0 Å². The average Bonchev–Trinajstić information content (AvgIpc) is 2.52. The largest absolute Gasteiger partial charge is 0.338 e. The molecule has 0 rings (SSSR count). The molecule has 3 nitrogen and oxygen atoms in total. The third-order valence-corrected chi connectivity index (χ3v) is 4.13. The van der Waals surface area contributed by atoms with Crippen molar-refractivity contribution in [1.29, 1.82) is 0 Å². The molecule has 0 aromatic rings. The van der Waals surface area contributed by atoms with E-state index in [0.29, 0.717) is 0 Å². The Hall–Kier alpha value is -0.730. The maximum atomic E-state index is 11.6. The summed E-state index contributed by atoms with van der Waals surface area (Å²) in [4.78, 5) is 11.6. The number of rotatable bonds is 16. The van der Waals surface area contributed by atoms with Crippen molar-refractivity contribution < 1.29 is 4.79 Å². The standard InChI is InChI=1S/C19H40N2O/c1-3-5-7-9-11-12-14-16-18-21-19(22)20-17-15-13-10-8-6-4-2/h3-18H2,1-2H3,(H2,20,21,22). The second-order valence-electron chi connectivity index (χ2n) is 6.43. The van der Waals surface area contributed by atoms with Gasteiger partial charge in [-0.2, -0.15) is 0 Å². The average molecular weight is 313 g/mol. The Morgan fingerprint density at radius 1 is 0.545 bits per heavy atom. The van der Waals surface area contributed by atoms with Crippen LogP contribution in [0.3, 0.4) is 0 Å². The van der Waals surface area contributed by atoms with Gasteiger partial charge >= 0.3 is 6.03 Å². The molecule has 0 heterocycles. The lowest BCUT2D eigenvalue weighted by molar-refractivity contribution is 0.240. The van der Waals surface area contributed by atoms with Gasteiger partial charge in [0.05, 0.1) is 0 Å². The first-order valence-electron chi connectivity index (χ1n) is 9.83. The topological polar surface area (TPSA) is 41.1 Å². The molecule has 2 N–H and O–H groups in total. The van der Waals surface area contributed by atoms with Gasteiger partial charge in [0, 0.05) is 13.1 Å². The molecule has 0 saturated heterocycles. The van der Waals surface area contributed by atoms with Crippen molar-refractivity contribution in [3.8, 4) is 0 Å². The Bertz CT molecular complexity index is 231. The maximum Gasteiger partial charge on any atom is 0.314 e. The van der Waals surface area contributed by atoms with Crippen LogP contribution in [0.4, 0.5) is 4.79 Å². The maximum absolute atomic E-state index is 11.6. The molecule has 22 heavy (non-hydrogen) atoms. The molecule has 0 aromatic carbocycles. The summed E-state index contributed by atoms with van der Waals surface area (Å²) in [5.41, 5.74) is 0. The van der Waals surface area contributed by atoms with Gasteiger partial charge in [-0.05, 0) is 12.8 Å². The SMILES string of the molecule is CCCCCCCCCCNC(=O)NCCCCCCCC. The molecular weight excluding hydrogens is 272 g/mol. The van der Waals surface area contributed by atoms with Gasteiger partial charge in [0.25, 0.3) is 0 Å². The molecule has 0 bridgehead atoms. The van der Waals surface area contributed by atoms with E-state index >= 15 is 0 Å². The lowest BCUT2D eigenvalue weighted by atomic mass is 10.1. The van der Waals surface area contributed by atoms with Crippen molar-refractivity contribution in [2.45, 2.75) is 104 Å². The monoisotopic (exact) mass is 312 g/mol. The number of hydrogen-bond acceptors (Lipinski definition) is 1. The number of hydrogen-bond donors (Lipinski definition) is 2. The van der Waals surface area contributed by atoms with Crippen LogP contribution in [-0.2, 0) is 0 Å². The first-order chi connectivity index (χ1) is 10.8. The van der Waals surface area contributed by atoms with Gasteiger partial charge in [0.15, 0.2) is 0 Å². The Kier molecular flexibility index (Phi) is 17.7. The summed E-state index contributed by atoms with van der Waals surface area (Å²) >= 11 is 0. The molecule has 0 aliphatic rings. The van der Waals surface area contributed by atoms with Crippen molar-refractivity contribution in [2.75, 3.05) is 13.1 Å². The summed E-state index contributed by atoms with van der Waals surface area (Å²) in [7, 11) is 0. The van der Waals surface area contributed by atoms with Crippen molar-refractivity contribution in [1.82, 2.24) is 10.6 Å². The van der Waals surface area contributed by atoms with Gasteiger partial charge in [-0.1, -0.05) is 90.9 Å². The number of carbonyl (C=O) groups is 1. The van der Waals surface area contributed by atoms with Gasteiger partial charge in [0.1, 0.15) is 0 Å². The highest BCUT2D eigenvalue weighted by Crippen LogP contribution is 2.07. The highest BCUT2D eigenvalue weighted by molar-refractivity contribution is 5.73. The zero-order chi connectivity index (χ0) is 16.3. The van der Waals surface area contributed by atoms with Crippen LogP contribution in [-0.4, -0.2) is 19.1 Å². The Labute approximate surface area is 139 Å². The normalized spacial score (nSPS) is 10.6. The quantitative estimate of drug-likeness (QED) is 0.348. The summed E-state index contributed by atoms with van der Waals surface area (Å²) < 4.78 is 0. The fourth-order valence-corrected chi connectivity index (χ4v) is 2.63. The van der Waals surface area contributed by atoms with E-state index in [0.717, 1.165) is 25.9 Å².